The van der Waals surface area contributed by atoms with Crippen LogP contribution in [-0.2, 0) is 9.84 Å². The van der Waals surface area contributed by atoms with Crippen molar-refractivity contribution in [3.8, 4) is 5.75 Å². The maximum Gasteiger partial charge on any atom is 0.152 e. The quantitative estimate of drug-likeness (QED) is 0.929. The first-order chi connectivity index (χ1) is 8.91. The molecular formula is C13H18ClNO3S. The lowest BCUT2D eigenvalue weighted by Crippen LogP contribution is -2.34. The SMILES string of the molecule is COc1ccc(Cl)c(NC2CCCC2S(C)(=O)=O)c1. The normalized spacial score (nSPS) is 23.3. The molecule has 106 valence electrons. The molecule has 0 saturated heterocycles. The molecule has 4 nitrogen and oxygen atoms in total. The lowest BCUT2D eigenvalue weighted by molar-refractivity contribution is 0.415. The largest absolute Gasteiger partial charge is 0.497 e. The van der Waals surface area contributed by atoms with Gasteiger partial charge in [-0.05, 0) is 31.4 Å². The van der Waals surface area contributed by atoms with E-state index in [0.29, 0.717) is 17.2 Å². The predicted molar refractivity (Wildman–Crippen MR) is 77.9 cm³/mol. The molecule has 0 bridgehead atoms. The van der Waals surface area contributed by atoms with Gasteiger partial charge >= 0.3 is 0 Å². The van der Waals surface area contributed by atoms with Crippen LogP contribution < -0.4 is 10.1 Å². The van der Waals surface area contributed by atoms with Crippen molar-refractivity contribution >= 4 is 27.1 Å². The summed E-state index contributed by atoms with van der Waals surface area (Å²) >= 11 is 6.13. The van der Waals surface area contributed by atoms with Gasteiger partial charge in [0.25, 0.3) is 0 Å². The molecule has 6 heteroatoms. The zero-order valence-electron chi connectivity index (χ0n) is 11.0. The van der Waals surface area contributed by atoms with Crippen LogP contribution in [0.25, 0.3) is 0 Å². The van der Waals surface area contributed by atoms with Gasteiger partial charge in [0.2, 0.25) is 0 Å². The summed E-state index contributed by atoms with van der Waals surface area (Å²) in [6, 6.07) is 5.23. The fourth-order valence-electron chi connectivity index (χ4n) is 2.55. The van der Waals surface area contributed by atoms with Gasteiger partial charge in [0.05, 0.1) is 23.1 Å². The molecular weight excluding hydrogens is 286 g/mol. The molecule has 0 amide bonds. The second kappa shape index (κ2) is 5.59. The average molecular weight is 304 g/mol. The molecule has 2 unspecified atom stereocenters. The molecule has 2 atom stereocenters. The Bertz CT molecular complexity index is 559. The maximum atomic E-state index is 11.7. The number of rotatable bonds is 4. The Hall–Kier alpha value is -0.940. The van der Waals surface area contributed by atoms with Crippen molar-refractivity contribution in [2.75, 3.05) is 18.7 Å². The van der Waals surface area contributed by atoms with Crippen molar-refractivity contribution in [1.29, 1.82) is 0 Å². The van der Waals surface area contributed by atoms with Gasteiger partial charge in [0.15, 0.2) is 9.84 Å². The molecule has 1 N–H and O–H groups in total. The summed E-state index contributed by atoms with van der Waals surface area (Å²) < 4.78 is 28.6. The number of benzene rings is 1. The van der Waals surface area contributed by atoms with Crippen LogP contribution in [0.5, 0.6) is 5.75 Å². The standard InChI is InChI=1S/C13H18ClNO3S/c1-18-9-6-7-10(14)12(8-9)15-11-4-3-5-13(11)19(2,16)17/h6-8,11,13,15H,3-5H2,1-2H3. The summed E-state index contributed by atoms with van der Waals surface area (Å²) in [6.45, 7) is 0. The van der Waals surface area contributed by atoms with E-state index < -0.39 is 9.84 Å². The number of halogens is 1. The number of hydrogen-bond acceptors (Lipinski definition) is 4. The van der Waals surface area contributed by atoms with Crippen molar-refractivity contribution in [1.82, 2.24) is 0 Å². The first-order valence-electron chi connectivity index (χ1n) is 6.21. The van der Waals surface area contributed by atoms with E-state index in [-0.39, 0.29) is 11.3 Å². The molecule has 0 aromatic heterocycles. The van der Waals surface area contributed by atoms with E-state index in [1.54, 1.807) is 25.3 Å². The van der Waals surface area contributed by atoms with Gasteiger partial charge < -0.3 is 10.1 Å². The van der Waals surface area contributed by atoms with E-state index in [0.717, 1.165) is 18.5 Å². The summed E-state index contributed by atoms with van der Waals surface area (Å²) in [7, 11) is -1.45. The molecule has 1 aliphatic rings. The molecule has 1 fully saturated rings. The van der Waals surface area contributed by atoms with Gasteiger partial charge in [0, 0.05) is 18.4 Å². The van der Waals surface area contributed by atoms with Gasteiger partial charge in [-0.2, -0.15) is 0 Å². The highest BCUT2D eigenvalue weighted by atomic mass is 35.5. The van der Waals surface area contributed by atoms with E-state index in [2.05, 4.69) is 5.32 Å². The zero-order valence-corrected chi connectivity index (χ0v) is 12.6. The van der Waals surface area contributed by atoms with Gasteiger partial charge in [0.1, 0.15) is 5.75 Å². The summed E-state index contributed by atoms with van der Waals surface area (Å²) in [5.74, 6) is 0.695. The molecule has 1 saturated carbocycles. The fraction of sp³-hybridized carbons (Fsp3) is 0.538. The minimum Gasteiger partial charge on any atom is -0.497 e. The molecule has 0 aliphatic heterocycles. The topological polar surface area (TPSA) is 55.4 Å². The number of ether oxygens (including phenoxy) is 1. The molecule has 1 aliphatic carbocycles. The van der Waals surface area contributed by atoms with Crippen molar-refractivity contribution in [3.05, 3.63) is 23.2 Å². The van der Waals surface area contributed by atoms with Crippen LogP contribution in [0.2, 0.25) is 5.02 Å². The van der Waals surface area contributed by atoms with Gasteiger partial charge in [-0.25, -0.2) is 8.42 Å². The van der Waals surface area contributed by atoms with Gasteiger partial charge in [-0.15, -0.1) is 0 Å². The summed E-state index contributed by atoms with van der Waals surface area (Å²) in [4.78, 5) is 0. The summed E-state index contributed by atoms with van der Waals surface area (Å²) in [5, 5.41) is 3.48. The number of anilines is 1. The number of methoxy groups -OCH3 is 1. The minimum atomic E-state index is -3.04. The Morgan fingerprint density at radius 1 is 1.37 bits per heavy atom. The van der Waals surface area contributed by atoms with Crippen LogP contribution in [0.15, 0.2) is 18.2 Å². The van der Waals surface area contributed by atoms with Crippen LogP contribution in [0.1, 0.15) is 19.3 Å². The first-order valence-corrected chi connectivity index (χ1v) is 8.54. The van der Waals surface area contributed by atoms with Crippen LogP contribution in [-0.4, -0.2) is 33.1 Å². The van der Waals surface area contributed by atoms with E-state index in [9.17, 15) is 8.42 Å². The average Bonchev–Trinajstić information content (AvgIpc) is 2.80. The monoisotopic (exact) mass is 303 g/mol. The highest BCUT2D eigenvalue weighted by Crippen LogP contribution is 2.32. The summed E-state index contributed by atoms with van der Waals surface area (Å²) in [5.41, 5.74) is 0.724. The third kappa shape index (κ3) is 3.34. The van der Waals surface area contributed by atoms with Gasteiger partial charge in [-0.3, -0.25) is 0 Å². The third-order valence-corrected chi connectivity index (χ3v) is 5.51. The molecule has 0 heterocycles. The van der Waals surface area contributed by atoms with Crippen LogP contribution >= 0.6 is 11.6 Å². The second-order valence-electron chi connectivity index (χ2n) is 4.90. The van der Waals surface area contributed by atoms with Crippen LogP contribution in [0.3, 0.4) is 0 Å². The number of nitrogens with one attached hydrogen (secondary N) is 1. The predicted octanol–water partition coefficient (Wildman–Crippen LogP) is 2.73. The van der Waals surface area contributed by atoms with E-state index >= 15 is 0 Å². The molecule has 19 heavy (non-hydrogen) atoms. The maximum absolute atomic E-state index is 11.7. The Morgan fingerprint density at radius 3 is 2.74 bits per heavy atom. The lowest BCUT2D eigenvalue weighted by Gasteiger charge is -2.21. The molecule has 0 spiro atoms. The zero-order chi connectivity index (χ0) is 14.0. The van der Waals surface area contributed by atoms with Crippen LogP contribution in [0.4, 0.5) is 5.69 Å². The minimum absolute atomic E-state index is 0.0837. The summed E-state index contributed by atoms with van der Waals surface area (Å²) in [6.07, 6.45) is 3.76. The number of hydrogen-bond donors (Lipinski definition) is 1. The molecule has 1 aromatic carbocycles. The van der Waals surface area contributed by atoms with Crippen LogP contribution in [0, 0.1) is 0 Å². The second-order valence-corrected chi connectivity index (χ2v) is 7.57. The lowest BCUT2D eigenvalue weighted by atomic mass is 10.2. The Balaban J connectivity index is 2.21. The first kappa shape index (κ1) is 14.5. The highest BCUT2D eigenvalue weighted by molar-refractivity contribution is 7.91. The van der Waals surface area contributed by atoms with Gasteiger partial charge in [-0.1, -0.05) is 11.6 Å². The molecule has 2 rings (SSSR count). The van der Waals surface area contributed by atoms with Crippen molar-refractivity contribution < 1.29 is 13.2 Å². The van der Waals surface area contributed by atoms with E-state index in [1.165, 1.54) is 6.26 Å². The van der Waals surface area contributed by atoms with E-state index in [1.807, 2.05) is 0 Å². The highest BCUT2D eigenvalue weighted by Gasteiger charge is 2.34. The Kier molecular flexibility index (Phi) is 4.26. The molecule has 1 aromatic rings. The van der Waals surface area contributed by atoms with Crippen molar-refractivity contribution in [3.63, 3.8) is 0 Å². The fourth-order valence-corrected chi connectivity index (χ4v) is 4.11. The number of sulfone groups is 1. The van der Waals surface area contributed by atoms with Crippen molar-refractivity contribution in [2.24, 2.45) is 0 Å². The van der Waals surface area contributed by atoms with E-state index in [4.69, 9.17) is 16.3 Å². The Labute approximate surface area is 119 Å². The molecule has 0 radical (unpaired) electrons. The smallest absolute Gasteiger partial charge is 0.152 e. The van der Waals surface area contributed by atoms with Crippen molar-refractivity contribution in [2.45, 2.75) is 30.6 Å². The Morgan fingerprint density at radius 2 is 2.11 bits per heavy atom. The third-order valence-electron chi connectivity index (χ3n) is 3.52.